The fraction of sp³-hybridized carbons (Fsp3) is 0.333. The van der Waals surface area contributed by atoms with Gasteiger partial charge < -0.3 is 10.4 Å². The summed E-state index contributed by atoms with van der Waals surface area (Å²) in [6, 6.07) is 4.15. The molecule has 6 heteroatoms. The fourth-order valence-electron chi connectivity index (χ4n) is 1.41. The molecule has 0 fully saturated rings. The monoisotopic (exact) mass is 289 g/mol. The van der Waals surface area contributed by atoms with Crippen molar-refractivity contribution in [3.63, 3.8) is 0 Å². The summed E-state index contributed by atoms with van der Waals surface area (Å²) in [6.07, 6.45) is -0.0357. The van der Waals surface area contributed by atoms with E-state index < -0.39 is 12.0 Å². The van der Waals surface area contributed by atoms with Crippen LogP contribution in [-0.2, 0) is 4.79 Å². The zero-order valence-electron chi connectivity index (χ0n) is 9.74. The average molecular weight is 290 g/mol. The molecule has 0 amide bonds. The summed E-state index contributed by atoms with van der Waals surface area (Å²) >= 11 is 11.7. The van der Waals surface area contributed by atoms with Gasteiger partial charge in [-0.15, -0.1) is 0 Å². The minimum absolute atomic E-state index is 0.0357. The van der Waals surface area contributed by atoms with E-state index in [9.17, 15) is 9.59 Å². The molecule has 0 spiro atoms. The number of nitrogens with one attached hydrogen (secondary N) is 1. The van der Waals surface area contributed by atoms with Crippen molar-refractivity contribution < 1.29 is 14.7 Å². The Morgan fingerprint density at radius 1 is 1.39 bits per heavy atom. The van der Waals surface area contributed by atoms with E-state index in [1.165, 1.54) is 6.07 Å². The smallest absolute Gasteiger partial charge is 0.304 e. The largest absolute Gasteiger partial charge is 0.481 e. The Hall–Kier alpha value is -1.10. The summed E-state index contributed by atoms with van der Waals surface area (Å²) in [6.45, 7) is 1.89. The maximum atomic E-state index is 12.0. The van der Waals surface area contributed by atoms with Gasteiger partial charge in [0, 0.05) is 17.1 Å². The van der Waals surface area contributed by atoms with E-state index in [2.05, 4.69) is 5.32 Å². The van der Waals surface area contributed by atoms with Gasteiger partial charge in [-0.2, -0.15) is 0 Å². The van der Waals surface area contributed by atoms with Gasteiger partial charge in [0.15, 0.2) is 5.78 Å². The predicted molar refractivity (Wildman–Crippen MR) is 70.5 cm³/mol. The second kappa shape index (κ2) is 6.73. The number of benzene rings is 1. The first-order valence-electron chi connectivity index (χ1n) is 5.36. The maximum absolute atomic E-state index is 12.0. The molecule has 0 bridgehead atoms. The first-order valence-corrected chi connectivity index (χ1v) is 6.12. The zero-order valence-corrected chi connectivity index (χ0v) is 11.3. The number of carbonyl (C=O) groups is 2. The third-order valence-corrected chi connectivity index (χ3v) is 2.93. The molecule has 0 radical (unpaired) electrons. The number of rotatable bonds is 6. The molecule has 4 nitrogen and oxygen atoms in total. The molecule has 0 aliphatic rings. The number of Topliss-reactive ketones (excluding diaryl/α,β-unsaturated/α-hetero) is 1. The van der Waals surface area contributed by atoms with Crippen molar-refractivity contribution in [3.8, 4) is 0 Å². The highest BCUT2D eigenvalue weighted by Crippen LogP contribution is 2.22. The molecule has 1 aromatic carbocycles. The van der Waals surface area contributed by atoms with Crippen LogP contribution >= 0.6 is 23.2 Å². The van der Waals surface area contributed by atoms with Gasteiger partial charge in [0.25, 0.3) is 0 Å². The van der Waals surface area contributed by atoms with Crippen molar-refractivity contribution in [2.24, 2.45) is 0 Å². The average Bonchev–Trinajstić information content (AvgIpc) is 2.27. The second-order valence-corrected chi connectivity index (χ2v) is 4.65. The van der Waals surface area contributed by atoms with Crippen molar-refractivity contribution >= 4 is 35.0 Å². The quantitative estimate of drug-likeness (QED) is 0.790. The maximum Gasteiger partial charge on any atom is 0.304 e. The summed E-state index contributed by atoms with van der Waals surface area (Å²) in [5.41, 5.74) is 0.372. The predicted octanol–water partition coefficient (Wildman–Crippen LogP) is 2.63. The Bertz CT molecular complexity index is 463. The molecule has 2 N–H and O–H groups in total. The molecule has 1 rings (SSSR count). The number of carboxylic acid groups (broad SMARTS) is 1. The van der Waals surface area contributed by atoms with E-state index in [4.69, 9.17) is 28.3 Å². The van der Waals surface area contributed by atoms with Crippen LogP contribution in [0.5, 0.6) is 0 Å². The molecule has 1 aromatic rings. The summed E-state index contributed by atoms with van der Waals surface area (Å²) in [7, 11) is 0. The Kier molecular flexibility index (Phi) is 5.59. The van der Waals surface area contributed by atoms with Crippen LogP contribution in [0.25, 0.3) is 0 Å². The number of aliphatic carboxylic acids is 1. The number of hydrogen-bond donors (Lipinski definition) is 2. The molecule has 0 heterocycles. The van der Waals surface area contributed by atoms with Gasteiger partial charge in [0.1, 0.15) is 0 Å². The third-order valence-electron chi connectivity index (χ3n) is 2.38. The van der Waals surface area contributed by atoms with Gasteiger partial charge in [0.2, 0.25) is 0 Å². The second-order valence-electron chi connectivity index (χ2n) is 3.81. The number of halogens is 2. The van der Waals surface area contributed by atoms with Gasteiger partial charge in [-0.25, -0.2) is 0 Å². The van der Waals surface area contributed by atoms with Crippen LogP contribution in [0.15, 0.2) is 18.2 Å². The third kappa shape index (κ3) is 4.29. The lowest BCUT2D eigenvalue weighted by Crippen LogP contribution is -2.35. The molecule has 0 aliphatic heterocycles. The van der Waals surface area contributed by atoms with E-state index in [0.29, 0.717) is 15.6 Å². The normalized spacial score (nSPS) is 12.2. The van der Waals surface area contributed by atoms with Crippen LogP contribution in [0, 0.1) is 0 Å². The highest BCUT2D eigenvalue weighted by Gasteiger charge is 2.17. The molecular weight excluding hydrogens is 277 g/mol. The highest BCUT2D eigenvalue weighted by molar-refractivity contribution is 6.37. The minimum Gasteiger partial charge on any atom is -0.481 e. The molecule has 1 unspecified atom stereocenters. The van der Waals surface area contributed by atoms with Gasteiger partial charge >= 0.3 is 5.97 Å². The fourth-order valence-corrected chi connectivity index (χ4v) is 1.91. The van der Waals surface area contributed by atoms with E-state index >= 15 is 0 Å². The minimum atomic E-state index is -0.910. The highest BCUT2D eigenvalue weighted by atomic mass is 35.5. The van der Waals surface area contributed by atoms with Crippen LogP contribution in [0.4, 0.5) is 0 Å². The van der Waals surface area contributed by atoms with Crippen LogP contribution in [-0.4, -0.2) is 29.4 Å². The van der Waals surface area contributed by atoms with Crippen molar-refractivity contribution in [3.05, 3.63) is 33.8 Å². The van der Waals surface area contributed by atoms with Crippen LogP contribution < -0.4 is 5.32 Å². The lowest BCUT2D eigenvalue weighted by molar-refractivity contribution is -0.136. The Morgan fingerprint density at radius 3 is 2.61 bits per heavy atom. The van der Waals surface area contributed by atoms with Crippen LogP contribution in [0.2, 0.25) is 10.0 Å². The molecule has 0 aromatic heterocycles. The number of carboxylic acids is 1. The van der Waals surface area contributed by atoms with Crippen molar-refractivity contribution in [2.75, 3.05) is 6.54 Å². The van der Waals surface area contributed by atoms with Crippen molar-refractivity contribution in [2.45, 2.75) is 19.4 Å². The SMILES string of the molecule is CC(NCCC(=O)O)C(=O)c1ccc(Cl)cc1Cl. The molecule has 18 heavy (non-hydrogen) atoms. The molecule has 0 saturated carbocycles. The molecular formula is C12H13Cl2NO3. The van der Waals surface area contributed by atoms with Gasteiger partial charge in [-0.05, 0) is 25.1 Å². The van der Waals surface area contributed by atoms with E-state index in [1.807, 2.05) is 0 Å². The summed E-state index contributed by atoms with van der Waals surface area (Å²) in [5.74, 6) is -1.10. The lowest BCUT2D eigenvalue weighted by Gasteiger charge is -2.13. The topological polar surface area (TPSA) is 66.4 Å². The Labute approximate surface area is 115 Å². The zero-order chi connectivity index (χ0) is 13.7. The van der Waals surface area contributed by atoms with Gasteiger partial charge in [-0.1, -0.05) is 23.2 Å². The van der Waals surface area contributed by atoms with Gasteiger partial charge in [-0.3, -0.25) is 9.59 Å². The van der Waals surface area contributed by atoms with Gasteiger partial charge in [0.05, 0.1) is 17.5 Å². The van der Waals surface area contributed by atoms with E-state index in [0.717, 1.165) is 0 Å². The molecule has 0 saturated heterocycles. The summed E-state index contributed by atoms with van der Waals surface area (Å²) in [5, 5.41) is 12.1. The van der Waals surface area contributed by atoms with Crippen LogP contribution in [0.3, 0.4) is 0 Å². The van der Waals surface area contributed by atoms with E-state index in [-0.39, 0.29) is 18.7 Å². The lowest BCUT2D eigenvalue weighted by atomic mass is 10.1. The van der Waals surface area contributed by atoms with Crippen molar-refractivity contribution in [1.82, 2.24) is 5.32 Å². The first-order chi connectivity index (χ1) is 8.41. The summed E-state index contributed by atoms with van der Waals surface area (Å²) in [4.78, 5) is 22.4. The first kappa shape index (κ1) is 15.0. The molecule has 1 atom stereocenters. The number of hydrogen-bond acceptors (Lipinski definition) is 3. The standard InChI is InChI=1S/C12H13Cl2NO3/c1-7(15-5-4-11(16)17)12(18)9-3-2-8(13)6-10(9)14/h2-3,6-7,15H,4-5H2,1H3,(H,16,17). The number of ketones is 1. The summed E-state index contributed by atoms with van der Waals surface area (Å²) < 4.78 is 0. The Morgan fingerprint density at radius 2 is 2.06 bits per heavy atom. The van der Waals surface area contributed by atoms with Crippen molar-refractivity contribution in [1.29, 1.82) is 0 Å². The molecule has 98 valence electrons. The van der Waals surface area contributed by atoms with E-state index in [1.54, 1.807) is 19.1 Å². The molecule has 0 aliphatic carbocycles. The van der Waals surface area contributed by atoms with Crippen LogP contribution in [0.1, 0.15) is 23.7 Å². The Balaban J connectivity index is 2.65. The number of carbonyl (C=O) groups excluding carboxylic acids is 1.